The molecule has 124 valence electrons. The lowest BCUT2D eigenvalue weighted by atomic mass is 10.2. The number of nitrogens with zero attached hydrogens (tertiary/aromatic N) is 3. The molecule has 2 aromatic rings. The lowest BCUT2D eigenvalue weighted by Gasteiger charge is -2.37. The van der Waals surface area contributed by atoms with Crippen LogP contribution in [0.3, 0.4) is 0 Å². The molecule has 3 rings (SSSR count). The lowest BCUT2D eigenvalue weighted by Crippen LogP contribution is -2.49. The predicted octanol–water partition coefficient (Wildman–Crippen LogP) is 1.10. The van der Waals surface area contributed by atoms with Crippen molar-refractivity contribution in [3.8, 4) is 5.75 Å². The quantitative estimate of drug-likeness (QED) is 0.904. The van der Waals surface area contributed by atoms with Gasteiger partial charge in [-0.1, -0.05) is 12.1 Å². The molecular formula is C15H20N4O3S. The summed E-state index contributed by atoms with van der Waals surface area (Å²) < 4.78 is 32.7. The van der Waals surface area contributed by atoms with Crippen LogP contribution in [0.1, 0.15) is 11.9 Å². The summed E-state index contributed by atoms with van der Waals surface area (Å²) in [6.45, 7) is 1.43. The van der Waals surface area contributed by atoms with Crippen LogP contribution >= 0.6 is 0 Å². The number of sulfonamides is 1. The molecule has 1 fully saturated rings. The standard InChI is InChI=1S/C15H20N4O3S/c1-18-9-10-19(11-12(18)15-16-7-8-17-15)23(20,21)14-6-4-3-5-13(14)22-2/h3-8,12H,9-11H2,1-2H3,(H,16,17). The number of aromatic nitrogens is 2. The number of imidazole rings is 1. The Morgan fingerprint density at radius 2 is 2.09 bits per heavy atom. The number of rotatable bonds is 4. The Balaban J connectivity index is 1.91. The summed E-state index contributed by atoms with van der Waals surface area (Å²) in [4.78, 5) is 9.65. The van der Waals surface area contributed by atoms with Crippen LogP contribution in [0, 0.1) is 0 Å². The van der Waals surface area contributed by atoms with Crippen molar-refractivity contribution in [2.45, 2.75) is 10.9 Å². The molecule has 0 radical (unpaired) electrons. The first kappa shape index (κ1) is 16.0. The molecule has 1 unspecified atom stereocenters. The van der Waals surface area contributed by atoms with E-state index in [1.165, 1.54) is 11.4 Å². The highest BCUT2D eigenvalue weighted by Crippen LogP contribution is 2.30. The molecule has 1 atom stereocenters. The SMILES string of the molecule is COc1ccccc1S(=O)(=O)N1CCN(C)C(c2ncc[nH]2)C1. The molecule has 1 aromatic carbocycles. The van der Waals surface area contributed by atoms with Gasteiger partial charge < -0.3 is 9.72 Å². The van der Waals surface area contributed by atoms with E-state index in [0.29, 0.717) is 25.4 Å². The van der Waals surface area contributed by atoms with E-state index in [-0.39, 0.29) is 10.9 Å². The first-order valence-corrected chi connectivity index (χ1v) is 8.80. The zero-order valence-corrected chi connectivity index (χ0v) is 14.0. The third-order valence-corrected chi connectivity index (χ3v) is 6.04. The monoisotopic (exact) mass is 336 g/mol. The molecule has 2 heterocycles. The fraction of sp³-hybridized carbons (Fsp3) is 0.400. The minimum absolute atomic E-state index is 0.0942. The predicted molar refractivity (Wildman–Crippen MR) is 85.7 cm³/mol. The highest BCUT2D eigenvalue weighted by Gasteiger charge is 2.35. The second-order valence-corrected chi connectivity index (χ2v) is 7.39. The van der Waals surface area contributed by atoms with Gasteiger partial charge in [0.05, 0.1) is 13.2 Å². The smallest absolute Gasteiger partial charge is 0.246 e. The molecule has 1 N–H and O–H groups in total. The number of piperazine rings is 1. The fourth-order valence-electron chi connectivity index (χ4n) is 2.79. The molecule has 0 bridgehead atoms. The van der Waals surface area contributed by atoms with Crippen molar-refractivity contribution in [2.24, 2.45) is 0 Å². The van der Waals surface area contributed by atoms with Gasteiger partial charge in [0.2, 0.25) is 10.0 Å². The van der Waals surface area contributed by atoms with Crippen LogP contribution in [0.15, 0.2) is 41.6 Å². The van der Waals surface area contributed by atoms with E-state index in [1.807, 2.05) is 7.05 Å². The van der Waals surface area contributed by atoms with Crippen LogP contribution < -0.4 is 4.74 Å². The Hall–Kier alpha value is -1.90. The molecule has 0 spiro atoms. The topological polar surface area (TPSA) is 78.5 Å². The van der Waals surface area contributed by atoms with Gasteiger partial charge in [-0.25, -0.2) is 13.4 Å². The number of para-hydroxylation sites is 1. The molecule has 7 nitrogen and oxygen atoms in total. The van der Waals surface area contributed by atoms with Gasteiger partial charge in [-0.2, -0.15) is 4.31 Å². The van der Waals surface area contributed by atoms with E-state index < -0.39 is 10.0 Å². The van der Waals surface area contributed by atoms with Crippen LogP contribution in [-0.4, -0.2) is 61.4 Å². The average Bonchev–Trinajstić information content (AvgIpc) is 3.09. The van der Waals surface area contributed by atoms with Gasteiger partial charge in [-0.15, -0.1) is 0 Å². The van der Waals surface area contributed by atoms with Crippen LogP contribution in [-0.2, 0) is 10.0 Å². The summed E-state index contributed by atoms with van der Waals surface area (Å²) >= 11 is 0. The van der Waals surface area contributed by atoms with Crippen LogP contribution in [0.4, 0.5) is 0 Å². The molecule has 0 amide bonds. The zero-order valence-electron chi connectivity index (χ0n) is 13.1. The van der Waals surface area contributed by atoms with Crippen molar-refractivity contribution in [2.75, 3.05) is 33.8 Å². The normalized spacial score (nSPS) is 20.5. The Labute approximate surface area is 135 Å². The molecule has 8 heteroatoms. The number of nitrogens with one attached hydrogen (secondary N) is 1. The van der Waals surface area contributed by atoms with Gasteiger partial charge >= 0.3 is 0 Å². The Morgan fingerprint density at radius 1 is 1.30 bits per heavy atom. The third-order valence-electron chi connectivity index (χ3n) is 4.13. The molecular weight excluding hydrogens is 316 g/mol. The first-order valence-electron chi connectivity index (χ1n) is 7.36. The van der Waals surface area contributed by atoms with Gasteiger partial charge in [0.1, 0.15) is 16.5 Å². The highest BCUT2D eigenvalue weighted by molar-refractivity contribution is 7.89. The second kappa shape index (κ2) is 6.31. The summed E-state index contributed by atoms with van der Waals surface area (Å²) in [6, 6.07) is 6.60. The van der Waals surface area contributed by atoms with E-state index in [0.717, 1.165) is 5.82 Å². The number of methoxy groups -OCH3 is 1. The van der Waals surface area contributed by atoms with Crippen molar-refractivity contribution in [3.05, 3.63) is 42.5 Å². The van der Waals surface area contributed by atoms with Crippen molar-refractivity contribution < 1.29 is 13.2 Å². The van der Waals surface area contributed by atoms with Crippen molar-refractivity contribution in [1.29, 1.82) is 0 Å². The summed E-state index contributed by atoms with van der Waals surface area (Å²) in [5, 5.41) is 0. The van der Waals surface area contributed by atoms with E-state index in [4.69, 9.17) is 4.74 Å². The van der Waals surface area contributed by atoms with E-state index in [2.05, 4.69) is 14.9 Å². The second-order valence-electron chi connectivity index (χ2n) is 5.48. The average molecular weight is 336 g/mol. The minimum Gasteiger partial charge on any atom is -0.495 e. The van der Waals surface area contributed by atoms with E-state index in [1.54, 1.807) is 36.7 Å². The summed E-state index contributed by atoms with van der Waals surface area (Å²) in [6.07, 6.45) is 3.42. The van der Waals surface area contributed by atoms with E-state index >= 15 is 0 Å². The molecule has 1 aliphatic rings. The number of likely N-dealkylation sites (N-methyl/N-ethyl adjacent to an activating group) is 1. The Bertz CT molecular complexity index is 761. The number of aromatic amines is 1. The number of hydrogen-bond donors (Lipinski definition) is 1. The minimum atomic E-state index is -3.61. The van der Waals surface area contributed by atoms with Gasteiger partial charge in [-0.05, 0) is 19.2 Å². The summed E-state index contributed by atoms with van der Waals surface area (Å²) in [5.41, 5.74) is 0. The largest absolute Gasteiger partial charge is 0.495 e. The number of H-pyrrole nitrogens is 1. The number of ether oxygens (including phenoxy) is 1. The molecule has 23 heavy (non-hydrogen) atoms. The molecule has 0 aliphatic carbocycles. The van der Waals surface area contributed by atoms with Crippen LogP contribution in [0.5, 0.6) is 5.75 Å². The zero-order chi connectivity index (χ0) is 16.4. The number of hydrogen-bond acceptors (Lipinski definition) is 5. The fourth-order valence-corrected chi connectivity index (χ4v) is 4.39. The van der Waals surface area contributed by atoms with Crippen molar-refractivity contribution >= 4 is 10.0 Å². The van der Waals surface area contributed by atoms with Gasteiger partial charge in [0, 0.05) is 32.0 Å². The summed E-state index contributed by atoms with van der Waals surface area (Å²) in [5.74, 6) is 1.13. The first-order chi connectivity index (χ1) is 11.0. The molecule has 0 saturated carbocycles. The molecule has 1 aromatic heterocycles. The third kappa shape index (κ3) is 2.97. The Morgan fingerprint density at radius 3 is 2.78 bits per heavy atom. The van der Waals surface area contributed by atoms with Gasteiger partial charge in [0.25, 0.3) is 0 Å². The maximum atomic E-state index is 13.0. The van der Waals surface area contributed by atoms with Crippen molar-refractivity contribution in [3.63, 3.8) is 0 Å². The van der Waals surface area contributed by atoms with E-state index in [9.17, 15) is 8.42 Å². The lowest BCUT2D eigenvalue weighted by molar-refractivity contribution is 0.142. The van der Waals surface area contributed by atoms with Crippen molar-refractivity contribution in [1.82, 2.24) is 19.2 Å². The molecule has 1 aliphatic heterocycles. The van der Waals surface area contributed by atoms with Gasteiger partial charge in [-0.3, -0.25) is 4.90 Å². The maximum absolute atomic E-state index is 13.0. The maximum Gasteiger partial charge on any atom is 0.246 e. The summed E-state index contributed by atoms with van der Waals surface area (Å²) in [7, 11) is -0.164. The highest BCUT2D eigenvalue weighted by atomic mass is 32.2. The number of benzene rings is 1. The molecule has 1 saturated heterocycles. The van der Waals surface area contributed by atoms with Crippen LogP contribution in [0.25, 0.3) is 0 Å². The Kier molecular flexibility index (Phi) is 4.38. The van der Waals surface area contributed by atoms with Gasteiger partial charge in [0.15, 0.2) is 0 Å². The van der Waals surface area contributed by atoms with Crippen LogP contribution in [0.2, 0.25) is 0 Å².